The van der Waals surface area contributed by atoms with E-state index in [-0.39, 0.29) is 5.91 Å². The number of methoxy groups -OCH3 is 2. The highest BCUT2D eigenvalue weighted by atomic mass is 16.5. The Morgan fingerprint density at radius 1 is 1.08 bits per heavy atom. The first-order valence-electron chi connectivity index (χ1n) is 7.80. The molecule has 6 heteroatoms. The minimum absolute atomic E-state index is 0.285. The number of anilines is 1. The van der Waals surface area contributed by atoms with Crippen molar-refractivity contribution in [2.75, 3.05) is 19.5 Å². The van der Waals surface area contributed by atoms with Crippen LogP contribution in [0.1, 0.15) is 11.7 Å². The van der Waals surface area contributed by atoms with E-state index in [9.17, 15) is 4.79 Å². The fourth-order valence-electron chi connectivity index (χ4n) is 2.60. The van der Waals surface area contributed by atoms with Gasteiger partial charge in [-0.3, -0.25) is 9.89 Å². The van der Waals surface area contributed by atoms with Crippen LogP contribution in [0.4, 0.5) is 5.82 Å². The van der Waals surface area contributed by atoms with Crippen molar-refractivity contribution in [3.8, 4) is 17.0 Å². The molecule has 3 rings (SSSR count). The third kappa shape index (κ3) is 3.70. The van der Waals surface area contributed by atoms with E-state index in [2.05, 4.69) is 15.5 Å². The highest BCUT2D eigenvalue weighted by Gasteiger charge is 2.21. The molecule has 2 aromatic carbocycles. The van der Waals surface area contributed by atoms with Crippen molar-refractivity contribution >= 4 is 11.7 Å². The van der Waals surface area contributed by atoms with Crippen LogP contribution in [0, 0.1) is 0 Å². The molecule has 2 N–H and O–H groups in total. The maximum absolute atomic E-state index is 12.5. The molecular formula is C19H19N3O3. The van der Waals surface area contributed by atoms with Crippen molar-refractivity contribution in [2.24, 2.45) is 0 Å². The van der Waals surface area contributed by atoms with E-state index in [1.165, 1.54) is 7.11 Å². The molecule has 0 saturated carbocycles. The molecule has 0 spiro atoms. The third-order valence-electron chi connectivity index (χ3n) is 3.80. The summed E-state index contributed by atoms with van der Waals surface area (Å²) in [5, 5.41) is 9.84. The lowest BCUT2D eigenvalue weighted by atomic mass is 10.1. The fraction of sp³-hybridized carbons (Fsp3) is 0.158. The molecule has 0 fully saturated rings. The lowest BCUT2D eigenvalue weighted by Gasteiger charge is -2.14. The SMILES string of the molecule is COc1ccccc1-c1cc(NC(=O)[C@@H](OC)c2ccccc2)n[nH]1. The van der Waals surface area contributed by atoms with Crippen LogP contribution in [0.15, 0.2) is 60.7 Å². The summed E-state index contributed by atoms with van der Waals surface area (Å²) in [7, 11) is 3.11. The molecule has 1 amide bonds. The number of hydrogen-bond donors (Lipinski definition) is 2. The van der Waals surface area contributed by atoms with Crippen molar-refractivity contribution in [1.82, 2.24) is 10.2 Å². The van der Waals surface area contributed by atoms with Crippen LogP contribution in [-0.4, -0.2) is 30.3 Å². The van der Waals surface area contributed by atoms with Crippen molar-refractivity contribution in [1.29, 1.82) is 0 Å². The molecule has 0 bridgehead atoms. The van der Waals surface area contributed by atoms with Gasteiger partial charge in [0.25, 0.3) is 5.91 Å². The summed E-state index contributed by atoms with van der Waals surface area (Å²) in [6.07, 6.45) is -0.701. The van der Waals surface area contributed by atoms with Crippen LogP contribution in [0.25, 0.3) is 11.3 Å². The molecule has 25 heavy (non-hydrogen) atoms. The van der Waals surface area contributed by atoms with E-state index in [1.807, 2.05) is 54.6 Å². The minimum atomic E-state index is -0.701. The molecule has 1 heterocycles. The van der Waals surface area contributed by atoms with Gasteiger partial charge in [0.2, 0.25) is 0 Å². The summed E-state index contributed by atoms with van der Waals surface area (Å²) in [5.41, 5.74) is 2.40. The number of amides is 1. The second-order valence-electron chi connectivity index (χ2n) is 5.38. The zero-order valence-electron chi connectivity index (χ0n) is 14.0. The van der Waals surface area contributed by atoms with Gasteiger partial charge in [0.05, 0.1) is 12.8 Å². The highest BCUT2D eigenvalue weighted by Crippen LogP contribution is 2.29. The van der Waals surface area contributed by atoms with Gasteiger partial charge in [0, 0.05) is 18.7 Å². The largest absolute Gasteiger partial charge is 0.496 e. The number of carbonyl (C=O) groups excluding carboxylic acids is 1. The number of hydrogen-bond acceptors (Lipinski definition) is 4. The number of carbonyl (C=O) groups is 1. The Balaban J connectivity index is 1.78. The van der Waals surface area contributed by atoms with Crippen LogP contribution in [0.5, 0.6) is 5.75 Å². The molecule has 0 aliphatic carbocycles. The van der Waals surface area contributed by atoms with E-state index in [4.69, 9.17) is 9.47 Å². The van der Waals surface area contributed by atoms with Crippen LogP contribution in [0.2, 0.25) is 0 Å². The second-order valence-corrected chi connectivity index (χ2v) is 5.38. The van der Waals surface area contributed by atoms with Gasteiger partial charge in [-0.1, -0.05) is 42.5 Å². The maximum Gasteiger partial charge on any atom is 0.259 e. The number of aromatic amines is 1. The zero-order valence-corrected chi connectivity index (χ0v) is 14.0. The normalized spacial score (nSPS) is 11.8. The van der Waals surface area contributed by atoms with Gasteiger partial charge in [0.1, 0.15) is 5.75 Å². The van der Waals surface area contributed by atoms with Crippen LogP contribution < -0.4 is 10.1 Å². The number of H-pyrrole nitrogens is 1. The van der Waals surface area contributed by atoms with Gasteiger partial charge in [0.15, 0.2) is 11.9 Å². The summed E-state index contributed by atoms with van der Waals surface area (Å²) in [6.45, 7) is 0. The molecule has 0 radical (unpaired) electrons. The average Bonchev–Trinajstić information content (AvgIpc) is 3.11. The third-order valence-corrected chi connectivity index (χ3v) is 3.80. The summed E-state index contributed by atoms with van der Waals surface area (Å²) < 4.78 is 10.7. The number of benzene rings is 2. The van der Waals surface area contributed by atoms with Crippen molar-refractivity contribution in [3.63, 3.8) is 0 Å². The van der Waals surface area contributed by atoms with Gasteiger partial charge in [-0.05, 0) is 17.7 Å². The van der Waals surface area contributed by atoms with E-state index < -0.39 is 6.10 Å². The molecule has 3 aromatic rings. The van der Waals surface area contributed by atoms with Crippen LogP contribution in [-0.2, 0) is 9.53 Å². The van der Waals surface area contributed by atoms with Gasteiger partial charge >= 0.3 is 0 Å². The Hall–Kier alpha value is -3.12. The summed E-state index contributed by atoms with van der Waals surface area (Å²) in [5.74, 6) is 0.860. The quantitative estimate of drug-likeness (QED) is 0.723. The van der Waals surface area contributed by atoms with Gasteiger partial charge < -0.3 is 14.8 Å². The molecule has 0 unspecified atom stereocenters. The number of rotatable bonds is 6. The first-order chi connectivity index (χ1) is 12.2. The molecule has 6 nitrogen and oxygen atoms in total. The molecule has 128 valence electrons. The lowest BCUT2D eigenvalue weighted by Crippen LogP contribution is -2.22. The lowest BCUT2D eigenvalue weighted by molar-refractivity contribution is -0.126. The molecular weight excluding hydrogens is 318 g/mol. The van der Waals surface area contributed by atoms with Crippen molar-refractivity contribution < 1.29 is 14.3 Å². The number of nitrogens with one attached hydrogen (secondary N) is 2. The molecule has 1 atom stereocenters. The average molecular weight is 337 g/mol. The van der Waals surface area contributed by atoms with Gasteiger partial charge in [-0.15, -0.1) is 0 Å². The summed E-state index contributed by atoms with van der Waals surface area (Å²) in [4.78, 5) is 12.5. The Morgan fingerprint density at radius 3 is 2.52 bits per heavy atom. The summed E-state index contributed by atoms with van der Waals surface area (Å²) >= 11 is 0. The molecule has 0 saturated heterocycles. The summed E-state index contributed by atoms with van der Waals surface area (Å²) in [6, 6.07) is 18.7. The number of nitrogens with zero attached hydrogens (tertiary/aromatic N) is 1. The Morgan fingerprint density at radius 2 is 1.80 bits per heavy atom. The number of para-hydroxylation sites is 1. The Labute approximate surface area is 145 Å². The first kappa shape index (κ1) is 16.7. The minimum Gasteiger partial charge on any atom is -0.496 e. The predicted octanol–water partition coefficient (Wildman–Crippen LogP) is 3.41. The van der Waals surface area contributed by atoms with Crippen LogP contribution in [0.3, 0.4) is 0 Å². The van der Waals surface area contributed by atoms with E-state index in [0.29, 0.717) is 5.82 Å². The van der Waals surface area contributed by atoms with E-state index in [0.717, 1.165) is 22.6 Å². The zero-order chi connectivity index (χ0) is 17.6. The molecule has 0 aliphatic heterocycles. The topological polar surface area (TPSA) is 76.2 Å². The Kier molecular flexibility index (Phi) is 5.11. The van der Waals surface area contributed by atoms with Gasteiger partial charge in [-0.2, -0.15) is 5.10 Å². The predicted molar refractivity (Wildman–Crippen MR) is 95.4 cm³/mol. The van der Waals surface area contributed by atoms with Crippen LogP contribution >= 0.6 is 0 Å². The standard InChI is InChI=1S/C19H19N3O3/c1-24-16-11-7-6-10-14(16)15-12-17(22-21-15)20-19(23)18(25-2)13-8-4-3-5-9-13/h3-12,18H,1-2H3,(H2,20,21,22,23)/t18-/m0/s1. The van der Waals surface area contributed by atoms with Gasteiger partial charge in [-0.25, -0.2) is 0 Å². The molecule has 1 aromatic heterocycles. The first-order valence-corrected chi connectivity index (χ1v) is 7.80. The highest BCUT2D eigenvalue weighted by molar-refractivity contribution is 5.94. The van der Waals surface area contributed by atoms with Crippen molar-refractivity contribution in [3.05, 3.63) is 66.2 Å². The monoisotopic (exact) mass is 337 g/mol. The second kappa shape index (κ2) is 7.63. The number of ether oxygens (including phenoxy) is 2. The van der Waals surface area contributed by atoms with E-state index >= 15 is 0 Å². The maximum atomic E-state index is 12.5. The number of aromatic nitrogens is 2. The van der Waals surface area contributed by atoms with Crippen molar-refractivity contribution in [2.45, 2.75) is 6.10 Å². The van der Waals surface area contributed by atoms with E-state index in [1.54, 1.807) is 13.2 Å². The fourth-order valence-corrected chi connectivity index (χ4v) is 2.60. The molecule has 0 aliphatic rings. The smallest absolute Gasteiger partial charge is 0.259 e. The Bertz CT molecular complexity index is 846.